The van der Waals surface area contributed by atoms with Gasteiger partial charge >= 0.3 is 0 Å². The molecule has 0 aliphatic carbocycles. The molecular formula is C27H39N5O2. The van der Waals surface area contributed by atoms with Gasteiger partial charge in [0.2, 0.25) is 11.8 Å². The number of carbonyl (C=O) groups excluding carboxylic acids is 2. The van der Waals surface area contributed by atoms with E-state index in [1.165, 1.54) is 0 Å². The third-order valence-electron chi connectivity index (χ3n) is 6.80. The molecule has 2 aromatic rings. The molecule has 0 saturated carbocycles. The Bertz CT molecular complexity index is 902. The molecule has 184 valence electrons. The van der Waals surface area contributed by atoms with Crippen molar-refractivity contribution in [2.45, 2.75) is 46.6 Å². The van der Waals surface area contributed by atoms with E-state index in [1.807, 2.05) is 62.9 Å². The van der Waals surface area contributed by atoms with Crippen molar-refractivity contribution in [2.75, 3.05) is 49.5 Å². The van der Waals surface area contributed by atoms with Crippen molar-refractivity contribution >= 4 is 23.3 Å². The lowest BCUT2D eigenvalue weighted by atomic mass is 10.0. The van der Waals surface area contributed by atoms with Gasteiger partial charge in [-0.2, -0.15) is 0 Å². The molecule has 1 aliphatic rings. The molecule has 2 heterocycles. The maximum absolute atomic E-state index is 13.4. The lowest BCUT2D eigenvalue weighted by Crippen LogP contribution is -2.51. The largest absolute Gasteiger partial charge is 0.354 e. The van der Waals surface area contributed by atoms with E-state index in [4.69, 9.17) is 0 Å². The van der Waals surface area contributed by atoms with Gasteiger partial charge in [0, 0.05) is 45.2 Å². The molecule has 1 aromatic carbocycles. The number of rotatable bonds is 10. The van der Waals surface area contributed by atoms with Gasteiger partial charge in [-0.25, -0.2) is 4.98 Å². The Kier molecular flexibility index (Phi) is 9.45. The molecule has 1 fully saturated rings. The zero-order chi connectivity index (χ0) is 24.5. The van der Waals surface area contributed by atoms with Crippen LogP contribution in [-0.4, -0.2) is 65.9 Å². The third kappa shape index (κ3) is 6.14. The van der Waals surface area contributed by atoms with Gasteiger partial charge in [-0.1, -0.05) is 44.2 Å². The molecule has 1 aromatic heterocycles. The van der Waals surface area contributed by atoms with Crippen LogP contribution in [0, 0.1) is 5.92 Å². The first-order valence-electron chi connectivity index (χ1n) is 12.6. The number of pyridine rings is 1. The number of amides is 2. The average molecular weight is 466 g/mol. The molecule has 1 unspecified atom stereocenters. The fourth-order valence-electron chi connectivity index (χ4n) is 4.61. The Balaban J connectivity index is 1.66. The van der Waals surface area contributed by atoms with Crippen molar-refractivity contribution in [3.63, 3.8) is 0 Å². The maximum Gasteiger partial charge on any atom is 0.244 e. The standard InChI is InChI=1S/C27H39N5O2/c1-5-21(6-2)26(33)29-23-14-15-24(28-20-23)31-16-18-32(19-17-31)25(22-12-10-9-11-13-22)27(34)30(7-3)8-4/h9-15,20-21,25H,5-8,16-19H2,1-4H3,(H,29,33). The topological polar surface area (TPSA) is 68.8 Å². The van der Waals surface area contributed by atoms with Gasteiger partial charge in [0.1, 0.15) is 11.9 Å². The van der Waals surface area contributed by atoms with Crippen LogP contribution in [0.15, 0.2) is 48.7 Å². The lowest BCUT2D eigenvalue weighted by molar-refractivity contribution is -0.137. The van der Waals surface area contributed by atoms with E-state index in [0.29, 0.717) is 13.1 Å². The summed E-state index contributed by atoms with van der Waals surface area (Å²) < 4.78 is 0. The van der Waals surface area contributed by atoms with Crippen molar-refractivity contribution < 1.29 is 9.59 Å². The lowest BCUT2D eigenvalue weighted by Gasteiger charge is -2.40. The Labute approximate surface area is 204 Å². The van der Waals surface area contributed by atoms with Gasteiger partial charge in [0.05, 0.1) is 11.9 Å². The summed E-state index contributed by atoms with van der Waals surface area (Å²) in [7, 11) is 0. The van der Waals surface area contributed by atoms with Crippen LogP contribution in [0.2, 0.25) is 0 Å². The maximum atomic E-state index is 13.4. The van der Waals surface area contributed by atoms with E-state index in [0.717, 1.165) is 56.1 Å². The SMILES string of the molecule is CCC(CC)C(=O)Nc1ccc(N2CCN(C(C(=O)N(CC)CC)c3ccccc3)CC2)nc1. The molecule has 3 rings (SSSR count). The van der Waals surface area contributed by atoms with Crippen LogP contribution in [0.5, 0.6) is 0 Å². The number of likely N-dealkylation sites (N-methyl/N-ethyl adjacent to an activating group) is 1. The van der Waals surface area contributed by atoms with E-state index in [-0.39, 0.29) is 23.8 Å². The first-order chi connectivity index (χ1) is 16.5. The predicted octanol–water partition coefficient (Wildman–Crippen LogP) is 4.19. The fraction of sp³-hybridized carbons (Fsp3) is 0.519. The normalized spacial score (nSPS) is 15.3. The minimum atomic E-state index is -0.265. The molecule has 0 spiro atoms. The van der Waals surface area contributed by atoms with Crippen molar-refractivity contribution in [3.8, 4) is 0 Å². The third-order valence-corrected chi connectivity index (χ3v) is 6.80. The number of aromatic nitrogens is 1. The number of anilines is 2. The van der Waals surface area contributed by atoms with Crippen LogP contribution in [0.25, 0.3) is 0 Å². The highest BCUT2D eigenvalue weighted by Crippen LogP contribution is 2.26. The Hall–Kier alpha value is -2.93. The van der Waals surface area contributed by atoms with E-state index in [9.17, 15) is 9.59 Å². The molecule has 7 nitrogen and oxygen atoms in total. The summed E-state index contributed by atoms with van der Waals surface area (Å²) in [5.41, 5.74) is 1.77. The van der Waals surface area contributed by atoms with Gasteiger partial charge in [-0.3, -0.25) is 14.5 Å². The quantitative estimate of drug-likeness (QED) is 0.570. The smallest absolute Gasteiger partial charge is 0.244 e. The van der Waals surface area contributed by atoms with E-state index in [1.54, 1.807) is 6.20 Å². The molecule has 2 amide bonds. The predicted molar refractivity (Wildman–Crippen MR) is 138 cm³/mol. The van der Waals surface area contributed by atoms with Crippen LogP contribution < -0.4 is 10.2 Å². The van der Waals surface area contributed by atoms with E-state index < -0.39 is 0 Å². The summed E-state index contributed by atoms with van der Waals surface area (Å²) in [6, 6.07) is 13.7. The van der Waals surface area contributed by atoms with Gasteiger partial charge < -0.3 is 15.1 Å². The van der Waals surface area contributed by atoms with E-state index in [2.05, 4.69) is 32.2 Å². The number of hydrogen-bond acceptors (Lipinski definition) is 5. The van der Waals surface area contributed by atoms with Crippen molar-refractivity contribution in [2.24, 2.45) is 5.92 Å². The second-order valence-corrected chi connectivity index (χ2v) is 8.75. The molecule has 7 heteroatoms. The van der Waals surface area contributed by atoms with Crippen LogP contribution in [0.4, 0.5) is 11.5 Å². The van der Waals surface area contributed by atoms with Crippen molar-refractivity contribution in [3.05, 3.63) is 54.2 Å². The average Bonchev–Trinajstić information content (AvgIpc) is 2.87. The fourth-order valence-corrected chi connectivity index (χ4v) is 4.61. The Morgan fingerprint density at radius 3 is 2.12 bits per heavy atom. The molecule has 0 radical (unpaired) electrons. The molecule has 1 aliphatic heterocycles. The Morgan fingerprint density at radius 2 is 1.59 bits per heavy atom. The van der Waals surface area contributed by atoms with Gasteiger partial charge in [0.25, 0.3) is 0 Å². The highest BCUT2D eigenvalue weighted by molar-refractivity contribution is 5.92. The van der Waals surface area contributed by atoms with E-state index >= 15 is 0 Å². The molecular weight excluding hydrogens is 426 g/mol. The second-order valence-electron chi connectivity index (χ2n) is 8.75. The molecule has 34 heavy (non-hydrogen) atoms. The zero-order valence-electron chi connectivity index (χ0n) is 21.0. The minimum Gasteiger partial charge on any atom is -0.354 e. The number of benzene rings is 1. The number of nitrogens with one attached hydrogen (secondary N) is 1. The summed E-state index contributed by atoms with van der Waals surface area (Å²) in [5, 5.41) is 2.98. The second kappa shape index (κ2) is 12.5. The first-order valence-corrected chi connectivity index (χ1v) is 12.6. The monoisotopic (exact) mass is 465 g/mol. The van der Waals surface area contributed by atoms with Crippen LogP contribution in [0.3, 0.4) is 0 Å². The van der Waals surface area contributed by atoms with Crippen molar-refractivity contribution in [1.82, 2.24) is 14.8 Å². The summed E-state index contributed by atoms with van der Waals surface area (Å²) in [4.78, 5) is 36.8. The van der Waals surface area contributed by atoms with Gasteiger partial charge in [-0.05, 0) is 44.4 Å². The summed E-state index contributed by atoms with van der Waals surface area (Å²) >= 11 is 0. The number of carbonyl (C=O) groups is 2. The Morgan fingerprint density at radius 1 is 0.941 bits per heavy atom. The first kappa shape index (κ1) is 25.7. The van der Waals surface area contributed by atoms with Gasteiger partial charge in [-0.15, -0.1) is 0 Å². The number of nitrogens with zero attached hydrogens (tertiary/aromatic N) is 4. The number of hydrogen-bond donors (Lipinski definition) is 1. The number of piperazine rings is 1. The minimum absolute atomic E-state index is 0.0318. The zero-order valence-corrected chi connectivity index (χ0v) is 21.0. The van der Waals surface area contributed by atoms with Crippen molar-refractivity contribution in [1.29, 1.82) is 0 Å². The summed E-state index contributed by atoms with van der Waals surface area (Å²) in [5.74, 6) is 1.15. The molecule has 0 bridgehead atoms. The highest BCUT2D eigenvalue weighted by atomic mass is 16.2. The molecule has 1 atom stereocenters. The van der Waals surface area contributed by atoms with Crippen LogP contribution >= 0.6 is 0 Å². The summed E-state index contributed by atoms with van der Waals surface area (Å²) in [6.07, 6.45) is 3.40. The van der Waals surface area contributed by atoms with Crippen LogP contribution in [0.1, 0.15) is 52.1 Å². The summed E-state index contributed by atoms with van der Waals surface area (Å²) in [6.45, 7) is 12.7. The van der Waals surface area contributed by atoms with Gasteiger partial charge in [0.15, 0.2) is 0 Å². The van der Waals surface area contributed by atoms with Crippen LogP contribution in [-0.2, 0) is 9.59 Å². The molecule has 1 N–H and O–H groups in total. The highest BCUT2D eigenvalue weighted by Gasteiger charge is 2.32. The molecule has 1 saturated heterocycles.